The number of allylic oxidation sites excluding steroid dienone is 1. The summed E-state index contributed by atoms with van der Waals surface area (Å²) < 4.78 is 6.13. The first kappa shape index (κ1) is 24.8. The highest BCUT2D eigenvalue weighted by Crippen LogP contribution is 2.29. The number of ether oxygens (including phenoxy) is 1. The van der Waals surface area contributed by atoms with Crippen molar-refractivity contribution in [2.45, 2.75) is 27.7 Å². The number of methoxy groups -OCH3 is 1. The molecule has 4 rings (SSSR count). The molecule has 0 radical (unpaired) electrons. The minimum Gasteiger partial charge on any atom is -0.497 e. The molecule has 0 bridgehead atoms. The Morgan fingerprint density at radius 2 is 1.59 bits per heavy atom. The van der Waals surface area contributed by atoms with E-state index in [9.17, 15) is 4.79 Å². The fraction of sp³-hybridized carbons (Fsp3) is 0.192. The molecule has 1 N–H and O–H groups in total. The summed E-state index contributed by atoms with van der Waals surface area (Å²) in [4.78, 5) is 20.6. The number of fused-ring (bicyclic) bond motifs is 1. The lowest BCUT2D eigenvalue weighted by molar-refractivity contribution is 0.102. The molecule has 1 amide bonds. The first-order chi connectivity index (χ1) is 15.4. The zero-order valence-electron chi connectivity index (χ0n) is 19.2. The third-order valence-corrected chi connectivity index (χ3v) is 5.11. The number of carbonyl (C=O) groups excluding carboxylic acids is 1. The van der Waals surface area contributed by atoms with Crippen molar-refractivity contribution in [3.8, 4) is 5.75 Å². The summed E-state index contributed by atoms with van der Waals surface area (Å²) >= 11 is 1.40. The van der Waals surface area contributed by atoms with Gasteiger partial charge in [0.05, 0.1) is 17.3 Å². The number of aromatic nitrogens is 2. The first-order valence-corrected chi connectivity index (χ1v) is 11.0. The normalized spacial score (nSPS) is 9.66. The van der Waals surface area contributed by atoms with Gasteiger partial charge in [0.1, 0.15) is 11.4 Å². The van der Waals surface area contributed by atoms with Gasteiger partial charge < -0.3 is 4.74 Å². The topological polar surface area (TPSA) is 64.1 Å². The Bertz CT molecular complexity index is 1130. The molecule has 0 spiro atoms. The van der Waals surface area contributed by atoms with Crippen LogP contribution in [-0.2, 0) is 0 Å². The van der Waals surface area contributed by atoms with Gasteiger partial charge in [0, 0.05) is 6.20 Å². The molecule has 6 heteroatoms. The number of benzene rings is 2. The van der Waals surface area contributed by atoms with E-state index in [1.807, 2.05) is 38.1 Å². The van der Waals surface area contributed by atoms with E-state index < -0.39 is 0 Å². The van der Waals surface area contributed by atoms with Crippen LogP contribution in [-0.4, -0.2) is 23.0 Å². The van der Waals surface area contributed by atoms with Crippen molar-refractivity contribution >= 4 is 32.6 Å². The van der Waals surface area contributed by atoms with Gasteiger partial charge in [-0.3, -0.25) is 15.1 Å². The fourth-order valence-electron chi connectivity index (χ4n) is 2.49. The number of pyridine rings is 1. The second kappa shape index (κ2) is 12.4. The SMILES string of the molecule is C=CC.COc1ccc2nc(NC(=O)c3ccc(C)cn3)sc2c1.Cc1ccc(C)cc1. The molecule has 0 fully saturated rings. The molecule has 0 saturated carbocycles. The Morgan fingerprint density at radius 1 is 1.00 bits per heavy atom. The highest BCUT2D eigenvalue weighted by molar-refractivity contribution is 7.22. The lowest BCUT2D eigenvalue weighted by Gasteiger charge is -2.00. The van der Waals surface area contributed by atoms with Crippen LogP contribution >= 0.6 is 11.3 Å². The second-order valence-electron chi connectivity index (χ2n) is 7.09. The summed E-state index contributed by atoms with van der Waals surface area (Å²) in [5.41, 5.74) is 4.87. The van der Waals surface area contributed by atoms with E-state index in [4.69, 9.17) is 4.74 Å². The smallest absolute Gasteiger partial charge is 0.276 e. The highest BCUT2D eigenvalue weighted by atomic mass is 32.1. The monoisotopic (exact) mass is 447 g/mol. The molecule has 166 valence electrons. The Labute approximate surface area is 193 Å². The molecule has 32 heavy (non-hydrogen) atoms. The van der Waals surface area contributed by atoms with Crippen molar-refractivity contribution in [2.24, 2.45) is 0 Å². The number of nitrogens with zero attached hydrogens (tertiary/aromatic N) is 2. The predicted molar refractivity (Wildman–Crippen MR) is 135 cm³/mol. The molecular weight excluding hydrogens is 418 g/mol. The minimum atomic E-state index is -0.263. The molecule has 4 aromatic rings. The summed E-state index contributed by atoms with van der Waals surface area (Å²) in [7, 11) is 1.62. The molecule has 0 aliphatic heterocycles. The third kappa shape index (κ3) is 7.63. The molecule has 0 atom stereocenters. The third-order valence-electron chi connectivity index (χ3n) is 4.18. The summed E-state index contributed by atoms with van der Waals surface area (Å²) in [5, 5.41) is 3.32. The number of amides is 1. The van der Waals surface area contributed by atoms with E-state index in [0.29, 0.717) is 10.8 Å². The minimum absolute atomic E-state index is 0.263. The summed E-state index contributed by atoms with van der Waals surface area (Å²) in [6.45, 7) is 11.4. The summed E-state index contributed by atoms with van der Waals surface area (Å²) in [6, 6.07) is 17.6. The standard InChI is InChI=1S/C15H13N3O2S.C8H10.C3H6/c1-9-3-5-12(16-8-9)14(19)18-15-17-11-6-4-10(20-2)7-13(11)21-15;1-7-3-5-8(2)6-4-7;1-3-2/h3-8H,1-2H3,(H,17,18,19);3-6H,1-2H3;3H,1H2,2H3. The molecule has 0 aliphatic carbocycles. The van der Waals surface area contributed by atoms with Crippen LogP contribution in [0.5, 0.6) is 5.75 Å². The van der Waals surface area contributed by atoms with E-state index in [0.717, 1.165) is 21.5 Å². The quantitative estimate of drug-likeness (QED) is 0.353. The van der Waals surface area contributed by atoms with Crippen LogP contribution in [0.4, 0.5) is 5.13 Å². The second-order valence-corrected chi connectivity index (χ2v) is 8.12. The van der Waals surface area contributed by atoms with Crippen molar-refractivity contribution in [3.05, 3.63) is 95.8 Å². The van der Waals surface area contributed by atoms with Crippen molar-refractivity contribution in [3.63, 3.8) is 0 Å². The zero-order valence-corrected chi connectivity index (χ0v) is 20.0. The van der Waals surface area contributed by atoms with Crippen molar-refractivity contribution in [1.29, 1.82) is 0 Å². The number of hydrogen-bond acceptors (Lipinski definition) is 5. The van der Waals surface area contributed by atoms with Crippen LogP contribution in [0.15, 0.2) is 73.4 Å². The lowest BCUT2D eigenvalue weighted by atomic mass is 10.2. The number of nitrogens with one attached hydrogen (secondary N) is 1. The predicted octanol–water partition coefficient (Wildman–Crippen LogP) is 6.76. The summed E-state index contributed by atoms with van der Waals surface area (Å²) in [5.74, 6) is 0.505. The fourth-order valence-corrected chi connectivity index (χ4v) is 3.37. The number of aryl methyl sites for hydroxylation is 3. The van der Waals surface area contributed by atoms with Crippen LogP contribution in [0.2, 0.25) is 0 Å². The van der Waals surface area contributed by atoms with Gasteiger partial charge in [-0.25, -0.2) is 4.98 Å². The van der Waals surface area contributed by atoms with Crippen LogP contribution in [0, 0.1) is 20.8 Å². The molecule has 0 aliphatic rings. The van der Waals surface area contributed by atoms with E-state index in [2.05, 4.69) is 60.0 Å². The molecule has 2 aromatic heterocycles. The Kier molecular flexibility index (Phi) is 9.57. The molecule has 0 saturated heterocycles. The number of rotatable bonds is 3. The van der Waals surface area contributed by atoms with Gasteiger partial charge in [-0.2, -0.15) is 0 Å². The maximum absolute atomic E-state index is 12.1. The molecule has 2 aromatic carbocycles. The number of anilines is 1. The Morgan fingerprint density at radius 3 is 2.12 bits per heavy atom. The number of thiazole rings is 1. The number of hydrogen-bond donors (Lipinski definition) is 1. The van der Waals surface area contributed by atoms with E-state index in [-0.39, 0.29) is 5.91 Å². The maximum Gasteiger partial charge on any atom is 0.276 e. The highest BCUT2D eigenvalue weighted by Gasteiger charge is 2.11. The molecule has 0 unspecified atom stereocenters. The summed E-state index contributed by atoms with van der Waals surface area (Å²) in [6.07, 6.45) is 3.41. The number of carbonyl (C=O) groups is 1. The van der Waals surface area contributed by atoms with Crippen LogP contribution in [0.1, 0.15) is 34.1 Å². The Hall–Kier alpha value is -3.51. The average molecular weight is 448 g/mol. The van der Waals surface area contributed by atoms with E-state index in [1.165, 1.54) is 22.5 Å². The van der Waals surface area contributed by atoms with Crippen molar-refractivity contribution in [2.75, 3.05) is 12.4 Å². The van der Waals surface area contributed by atoms with Crippen molar-refractivity contribution < 1.29 is 9.53 Å². The van der Waals surface area contributed by atoms with Gasteiger partial charge in [-0.1, -0.05) is 58.9 Å². The Balaban J connectivity index is 0.000000274. The lowest BCUT2D eigenvalue weighted by Crippen LogP contribution is -2.13. The molecule has 2 heterocycles. The van der Waals surface area contributed by atoms with Crippen molar-refractivity contribution in [1.82, 2.24) is 9.97 Å². The van der Waals surface area contributed by atoms with Gasteiger partial charge in [0.15, 0.2) is 5.13 Å². The van der Waals surface area contributed by atoms with Gasteiger partial charge in [-0.05, 0) is 57.5 Å². The molecular formula is C26H29N3O2S. The van der Waals surface area contributed by atoms with Gasteiger partial charge in [0.2, 0.25) is 0 Å². The largest absolute Gasteiger partial charge is 0.497 e. The first-order valence-electron chi connectivity index (χ1n) is 10.1. The van der Waals surface area contributed by atoms with Crippen LogP contribution in [0.3, 0.4) is 0 Å². The van der Waals surface area contributed by atoms with Crippen LogP contribution < -0.4 is 10.1 Å². The van der Waals surface area contributed by atoms with Gasteiger partial charge >= 0.3 is 0 Å². The van der Waals surface area contributed by atoms with E-state index >= 15 is 0 Å². The van der Waals surface area contributed by atoms with Crippen LogP contribution in [0.25, 0.3) is 10.2 Å². The zero-order chi connectivity index (χ0) is 23.5. The average Bonchev–Trinajstić information content (AvgIpc) is 3.18. The van der Waals surface area contributed by atoms with Gasteiger partial charge in [0.25, 0.3) is 5.91 Å². The maximum atomic E-state index is 12.1. The molecule has 5 nitrogen and oxygen atoms in total. The van der Waals surface area contributed by atoms with E-state index in [1.54, 1.807) is 25.4 Å². The van der Waals surface area contributed by atoms with Gasteiger partial charge in [-0.15, -0.1) is 6.58 Å².